The Morgan fingerprint density at radius 2 is 2.11 bits per heavy atom. The van der Waals surface area contributed by atoms with Crippen LogP contribution in [0.1, 0.15) is 59.3 Å². The monoisotopic (exact) mass is 246 g/mol. The quantitative estimate of drug-likeness (QED) is 0.659. The molecule has 4 aliphatic carbocycles. The zero-order chi connectivity index (χ0) is 12.6. The molecule has 1 heterocycles. The van der Waals surface area contributed by atoms with Gasteiger partial charge in [-0.15, -0.1) is 0 Å². The van der Waals surface area contributed by atoms with Crippen molar-refractivity contribution < 1.29 is 9.31 Å². The molecule has 18 heavy (non-hydrogen) atoms. The Bertz CT molecular complexity index is 430. The highest BCUT2D eigenvalue weighted by molar-refractivity contribution is 6.54. The minimum Gasteiger partial charge on any atom is -0.399 e. The van der Waals surface area contributed by atoms with Gasteiger partial charge in [-0.1, -0.05) is 19.9 Å². The van der Waals surface area contributed by atoms with E-state index in [1.807, 2.05) is 0 Å². The molecular weight excluding hydrogens is 223 g/mol. The second-order valence-corrected chi connectivity index (χ2v) is 7.46. The maximum Gasteiger partial charge on any atom is 0.490 e. The summed E-state index contributed by atoms with van der Waals surface area (Å²) in [6.07, 6.45) is 9.67. The van der Waals surface area contributed by atoms with Gasteiger partial charge in [0.15, 0.2) is 0 Å². The fourth-order valence-electron chi connectivity index (χ4n) is 5.06. The molecule has 0 radical (unpaired) electrons. The van der Waals surface area contributed by atoms with Crippen LogP contribution in [0.5, 0.6) is 0 Å². The Balaban J connectivity index is 1.70. The first-order chi connectivity index (χ1) is 8.49. The zero-order valence-electron chi connectivity index (χ0n) is 11.8. The number of fused-ring (bicyclic) bond motifs is 1. The maximum atomic E-state index is 6.53. The highest BCUT2D eigenvalue weighted by Gasteiger charge is 2.76. The van der Waals surface area contributed by atoms with E-state index in [-0.39, 0.29) is 23.7 Å². The van der Waals surface area contributed by atoms with E-state index in [0.29, 0.717) is 0 Å². The molecule has 5 rings (SSSR count). The van der Waals surface area contributed by atoms with Gasteiger partial charge in [-0.2, -0.15) is 0 Å². The van der Waals surface area contributed by atoms with Crippen molar-refractivity contribution in [2.75, 3.05) is 0 Å². The van der Waals surface area contributed by atoms with Crippen molar-refractivity contribution in [1.29, 1.82) is 0 Å². The highest BCUT2D eigenvalue weighted by atomic mass is 16.7. The van der Waals surface area contributed by atoms with Gasteiger partial charge in [0.25, 0.3) is 0 Å². The van der Waals surface area contributed by atoms with Crippen LogP contribution in [0.3, 0.4) is 0 Å². The lowest BCUT2D eigenvalue weighted by molar-refractivity contribution is -0.257. The van der Waals surface area contributed by atoms with Gasteiger partial charge in [0.1, 0.15) is 0 Å². The maximum absolute atomic E-state index is 6.53. The summed E-state index contributed by atoms with van der Waals surface area (Å²) in [4.78, 5) is 0. The van der Waals surface area contributed by atoms with E-state index < -0.39 is 0 Å². The minimum atomic E-state index is -0.0562. The molecule has 3 heteroatoms. The molecule has 4 fully saturated rings. The van der Waals surface area contributed by atoms with Gasteiger partial charge in [-0.3, -0.25) is 0 Å². The lowest BCUT2D eigenvalue weighted by Gasteiger charge is -2.68. The van der Waals surface area contributed by atoms with Gasteiger partial charge in [0, 0.05) is 0 Å². The largest absolute Gasteiger partial charge is 0.490 e. The summed E-state index contributed by atoms with van der Waals surface area (Å²) in [7, 11) is -0.0455. The first-order valence-electron chi connectivity index (χ1n) is 7.53. The molecule has 3 unspecified atom stereocenters. The van der Waals surface area contributed by atoms with E-state index >= 15 is 0 Å². The lowest BCUT2D eigenvalue weighted by Crippen LogP contribution is -2.73. The average Bonchev–Trinajstić information content (AvgIpc) is 2.92. The Morgan fingerprint density at radius 3 is 2.72 bits per heavy atom. The summed E-state index contributed by atoms with van der Waals surface area (Å²) in [5.41, 5.74) is 1.61. The van der Waals surface area contributed by atoms with Crippen molar-refractivity contribution in [1.82, 2.24) is 0 Å². The number of allylic oxidation sites excluding steroid dienone is 2. The van der Waals surface area contributed by atoms with Crippen LogP contribution < -0.4 is 0 Å². The van der Waals surface area contributed by atoms with E-state index in [1.54, 1.807) is 0 Å². The number of hydrogen-bond donors (Lipinski definition) is 0. The first kappa shape index (κ1) is 11.5. The molecule has 1 saturated heterocycles. The van der Waals surface area contributed by atoms with Crippen LogP contribution in [0.2, 0.25) is 0 Å². The molecule has 5 aliphatic rings. The van der Waals surface area contributed by atoms with Crippen molar-refractivity contribution >= 4 is 7.12 Å². The van der Waals surface area contributed by atoms with Crippen LogP contribution in [0.4, 0.5) is 0 Å². The fourth-order valence-corrected chi connectivity index (χ4v) is 5.06. The van der Waals surface area contributed by atoms with E-state index in [2.05, 4.69) is 26.8 Å². The van der Waals surface area contributed by atoms with Crippen LogP contribution in [0.15, 0.2) is 11.5 Å². The summed E-state index contributed by atoms with van der Waals surface area (Å²) < 4.78 is 13.0. The van der Waals surface area contributed by atoms with Gasteiger partial charge in [0.05, 0.1) is 11.2 Å². The Kier molecular flexibility index (Phi) is 2.08. The van der Waals surface area contributed by atoms with Gasteiger partial charge in [-0.25, -0.2) is 0 Å². The van der Waals surface area contributed by atoms with Gasteiger partial charge >= 0.3 is 7.12 Å². The summed E-state index contributed by atoms with van der Waals surface area (Å²) in [6, 6.07) is 0. The Hall–Kier alpha value is -0.275. The second-order valence-electron chi connectivity index (χ2n) is 7.46. The normalized spacial score (nSPS) is 48.7. The smallest absolute Gasteiger partial charge is 0.399 e. The standard InChI is InChI=1S/C15H23BO2/c1-13(2)11-8-9-14(3)15(13,10-11)18-16(17-14)12-6-4-5-7-12/h6,11H,4-5,7-10H2,1-3H3. The summed E-state index contributed by atoms with van der Waals surface area (Å²) >= 11 is 0. The van der Waals surface area contributed by atoms with Crippen LogP contribution in [0.25, 0.3) is 0 Å². The van der Waals surface area contributed by atoms with Crippen molar-refractivity contribution in [2.24, 2.45) is 11.3 Å². The van der Waals surface area contributed by atoms with Crippen molar-refractivity contribution in [3.8, 4) is 0 Å². The molecule has 3 atom stereocenters. The van der Waals surface area contributed by atoms with E-state index in [0.717, 1.165) is 5.92 Å². The van der Waals surface area contributed by atoms with Crippen molar-refractivity contribution in [3.63, 3.8) is 0 Å². The average molecular weight is 246 g/mol. The van der Waals surface area contributed by atoms with E-state index in [4.69, 9.17) is 9.31 Å². The number of hydrogen-bond acceptors (Lipinski definition) is 2. The van der Waals surface area contributed by atoms with Crippen molar-refractivity contribution in [3.05, 3.63) is 11.5 Å². The van der Waals surface area contributed by atoms with Crippen molar-refractivity contribution in [2.45, 2.75) is 70.5 Å². The molecule has 3 saturated carbocycles. The third kappa shape index (κ3) is 1.10. The molecule has 1 spiro atoms. The van der Waals surface area contributed by atoms with Gasteiger partial charge in [-0.05, 0) is 62.3 Å². The predicted octanol–water partition coefficient (Wildman–Crippen LogP) is 3.51. The summed E-state index contributed by atoms with van der Waals surface area (Å²) in [6.45, 7) is 7.06. The predicted molar refractivity (Wildman–Crippen MR) is 72.1 cm³/mol. The molecule has 98 valence electrons. The minimum absolute atomic E-state index is 0.0169. The second kappa shape index (κ2) is 3.24. The van der Waals surface area contributed by atoms with Gasteiger partial charge < -0.3 is 9.31 Å². The fraction of sp³-hybridized carbons (Fsp3) is 0.867. The molecular formula is C15H23BO2. The van der Waals surface area contributed by atoms with Crippen LogP contribution in [-0.4, -0.2) is 18.3 Å². The first-order valence-corrected chi connectivity index (χ1v) is 7.53. The molecule has 2 nitrogen and oxygen atoms in total. The molecule has 1 aliphatic heterocycles. The van der Waals surface area contributed by atoms with Crippen LogP contribution >= 0.6 is 0 Å². The van der Waals surface area contributed by atoms with Gasteiger partial charge in [0.2, 0.25) is 0 Å². The molecule has 2 bridgehead atoms. The summed E-state index contributed by atoms with van der Waals surface area (Å²) in [5.74, 6) is 0.838. The summed E-state index contributed by atoms with van der Waals surface area (Å²) in [5, 5.41) is 0. The lowest BCUT2D eigenvalue weighted by atomic mass is 9.41. The molecule has 0 aromatic carbocycles. The van der Waals surface area contributed by atoms with E-state index in [1.165, 1.54) is 44.0 Å². The van der Waals surface area contributed by atoms with Crippen LogP contribution in [-0.2, 0) is 9.31 Å². The van der Waals surface area contributed by atoms with Crippen LogP contribution in [0, 0.1) is 11.3 Å². The molecule has 0 N–H and O–H groups in total. The SMILES string of the molecule is CC12CCC3CC1(OB(C1=CCCC1)O2)C3(C)C. The Morgan fingerprint density at radius 1 is 1.28 bits per heavy atom. The zero-order valence-corrected chi connectivity index (χ0v) is 11.8. The van der Waals surface area contributed by atoms with E-state index in [9.17, 15) is 0 Å². The highest BCUT2D eigenvalue weighted by Crippen LogP contribution is 2.70. The Labute approximate surface area is 110 Å². The molecule has 0 amide bonds. The third-order valence-corrected chi connectivity index (χ3v) is 6.47. The molecule has 0 aromatic heterocycles. The third-order valence-electron chi connectivity index (χ3n) is 6.47. The topological polar surface area (TPSA) is 18.5 Å². The molecule has 0 aromatic rings. The number of rotatable bonds is 1.